The summed E-state index contributed by atoms with van der Waals surface area (Å²) < 4.78 is 14.8. The van der Waals surface area contributed by atoms with Gasteiger partial charge >= 0.3 is 0 Å². The summed E-state index contributed by atoms with van der Waals surface area (Å²) in [4.78, 5) is 15.2. The summed E-state index contributed by atoms with van der Waals surface area (Å²) in [5, 5.41) is 10.9. The average molecular weight is 244 g/mol. The van der Waals surface area contributed by atoms with E-state index in [4.69, 9.17) is 5.26 Å². The Morgan fingerprint density at radius 2 is 2.39 bits per heavy atom. The Morgan fingerprint density at radius 1 is 1.56 bits per heavy atom. The van der Waals surface area contributed by atoms with Crippen molar-refractivity contribution in [1.82, 2.24) is 9.55 Å². The van der Waals surface area contributed by atoms with Gasteiger partial charge in [0.05, 0.1) is 23.8 Å². The van der Waals surface area contributed by atoms with Gasteiger partial charge in [0.2, 0.25) is 5.91 Å². The molecule has 1 amide bonds. The molecule has 1 N–H and O–H groups in total. The highest BCUT2D eigenvalue weighted by molar-refractivity contribution is 5.94. The maximum atomic E-state index is 13.2. The molecule has 1 aromatic heterocycles. The minimum atomic E-state index is -0.482. The largest absolute Gasteiger partial charge is 0.323 e. The zero-order chi connectivity index (χ0) is 13.0. The zero-order valence-electron chi connectivity index (χ0n) is 9.30. The van der Waals surface area contributed by atoms with E-state index in [1.807, 2.05) is 0 Å². The van der Waals surface area contributed by atoms with E-state index in [2.05, 4.69) is 10.3 Å². The Morgan fingerprint density at radius 3 is 3.06 bits per heavy atom. The monoisotopic (exact) mass is 244 g/mol. The fourth-order valence-electron chi connectivity index (χ4n) is 1.50. The molecule has 1 aromatic carbocycles. The normalized spacial score (nSPS) is 9.78. The van der Waals surface area contributed by atoms with Gasteiger partial charge in [0.15, 0.2) is 0 Å². The molecule has 2 rings (SSSR count). The summed E-state index contributed by atoms with van der Waals surface area (Å²) in [5.74, 6) is -0.949. The van der Waals surface area contributed by atoms with Crippen molar-refractivity contribution in [3.05, 3.63) is 42.7 Å². The van der Waals surface area contributed by atoms with Gasteiger partial charge in [0.1, 0.15) is 12.2 Å². The minimum Gasteiger partial charge on any atom is -0.323 e. The number of nitrogens with one attached hydrogen (secondary N) is 1. The number of hydrogen-bond donors (Lipinski definition) is 1. The van der Waals surface area contributed by atoms with Crippen LogP contribution >= 0.6 is 0 Å². The molecule has 1 heterocycles. The summed E-state index contributed by atoms with van der Waals surface area (Å²) in [6.45, 7) is 0. The van der Waals surface area contributed by atoms with Gasteiger partial charge in [-0.05, 0) is 18.2 Å². The highest BCUT2D eigenvalue weighted by atomic mass is 19.1. The second kappa shape index (κ2) is 5.10. The molecule has 0 saturated heterocycles. The second-order valence-electron chi connectivity index (χ2n) is 3.51. The molecule has 0 atom stereocenters. The number of anilines is 1. The van der Waals surface area contributed by atoms with Crippen LogP contribution < -0.4 is 5.32 Å². The smallest absolute Gasteiger partial charge is 0.238 e. The number of nitriles is 1. The van der Waals surface area contributed by atoms with Gasteiger partial charge < -0.3 is 9.88 Å². The van der Waals surface area contributed by atoms with E-state index in [1.165, 1.54) is 24.5 Å². The Labute approximate surface area is 102 Å². The molecule has 2 aromatic rings. The molecule has 0 aliphatic heterocycles. The van der Waals surface area contributed by atoms with Crippen LogP contribution in [0.3, 0.4) is 0 Å². The average Bonchev–Trinajstić information content (AvgIpc) is 2.83. The van der Waals surface area contributed by atoms with Crippen LogP contribution in [0.1, 0.15) is 6.42 Å². The first-order chi connectivity index (χ1) is 8.70. The van der Waals surface area contributed by atoms with Crippen LogP contribution in [0.25, 0.3) is 5.69 Å². The number of halogens is 1. The van der Waals surface area contributed by atoms with E-state index in [0.29, 0.717) is 11.4 Å². The predicted molar refractivity (Wildman–Crippen MR) is 62.4 cm³/mol. The molecular formula is C12H9FN4O. The first kappa shape index (κ1) is 11.8. The van der Waals surface area contributed by atoms with Gasteiger partial charge in [0.25, 0.3) is 0 Å². The molecule has 5 nitrogen and oxygen atoms in total. The number of carbonyl (C=O) groups is 1. The predicted octanol–water partition coefficient (Wildman–Crippen LogP) is 1.86. The van der Waals surface area contributed by atoms with E-state index in [0.717, 1.165) is 0 Å². The minimum absolute atomic E-state index is 0.278. The lowest BCUT2D eigenvalue weighted by molar-refractivity contribution is -0.115. The third kappa shape index (κ3) is 2.52. The molecular weight excluding hydrogens is 235 g/mol. The van der Waals surface area contributed by atoms with Gasteiger partial charge in [-0.3, -0.25) is 4.79 Å². The lowest BCUT2D eigenvalue weighted by Crippen LogP contribution is -2.12. The van der Waals surface area contributed by atoms with E-state index in [1.54, 1.807) is 23.0 Å². The standard InChI is InChI=1S/C12H9FN4O/c13-9-1-2-11(17-6-5-15-8-17)10(7-9)16-12(18)3-4-14/h1-2,5-8H,3H2,(H,16,18). The van der Waals surface area contributed by atoms with Gasteiger partial charge in [0, 0.05) is 12.4 Å². The molecule has 0 radical (unpaired) electrons. The molecule has 6 heteroatoms. The molecule has 0 fully saturated rings. The number of imidazole rings is 1. The van der Waals surface area contributed by atoms with Crippen molar-refractivity contribution in [2.45, 2.75) is 6.42 Å². The molecule has 90 valence electrons. The van der Waals surface area contributed by atoms with Crippen molar-refractivity contribution in [3.8, 4) is 11.8 Å². The fraction of sp³-hybridized carbons (Fsp3) is 0.0833. The number of carbonyl (C=O) groups excluding carboxylic acids is 1. The molecule has 18 heavy (non-hydrogen) atoms. The molecule has 0 aliphatic carbocycles. The topological polar surface area (TPSA) is 70.7 Å². The van der Waals surface area contributed by atoms with Crippen molar-refractivity contribution in [2.75, 3.05) is 5.32 Å². The Kier molecular flexibility index (Phi) is 3.34. The Hall–Kier alpha value is -2.68. The Balaban J connectivity index is 2.36. The molecule has 0 aliphatic rings. The second-order valence-corrected chi connectivity index (χ2v) is 3.51. The van der Waals surface area contributed by atoms with Gasteiger partial charge in [-0.15, -0.1) is 0 Å². The van der Waals surface area contributed by atoms with Crippen LogP contribution in [0.2, 0.25) is 0 Å². The summed E-state index contributed by atoms with van der Waals surface area (Å²) in [7, 11) is 0. The first-order valence-electron chi connectivity index (χ1n) is 5.15. The molecule has 0 unspecified atom stereocenters. The molecule has 0 bridgehead atoms. The number of nitrogens with zero attached hydrogens (tertiary/aromatic N) is 3. The highest BCUT2D eigenvalue weighted by Gasteiger charge is 2.09. The van der Waals surface area contributed by atoms with Crippen LogP contribution in [0.5, 0.6) is 0 Å². The molecule has 0 spiro atoms. The van der Waals surface area contributed by atoms with E-state index in [9.17, 15) is 9.18 Å². The number of aromatic nitrogens is 2. The third-order valence-corrected chi connectivity index (χ3v) is 2.25. The van der Waals surface area contributed by atoms with Gasteiger partial charge in [-0.2, -0.15) is 5.26 Å². The fourth-order valence-corrected chi connectivity index (χ4v) is 1.50. The van der Waals surface area contributed by atoms with E-state index in [-0.39, 0.29) is 6.42 Å². The maximum Gasteiger partial charge on any atom is 0.238 e. The lowest BCUT2D eigenvalue weighted by atomic mass is 10.2. The van der Waals surface area contributed by atoms with Gasteiger partial charge in [-0.25, -0.2) is 9.37 Å². The summed E-state index contributed by atoms with van der Waals surface area (Å²) >= 11 is 0. The number of benzene rings is 1. The quantitative estimate of drug-likeness (QED) is 0.895. The highest BCUT2D eigenvalue weighted by Crippen LogP contribution is 2.21. The van der Waals surface area contributed by atoms with Crippen LogP contribution in [-0.4, -0.2) is 15.5 Å². The maximum absolute atomic E-state index is 13.2. The van der Waals surface area contributed by atoms with Crippen LogP contribution in [0.4, 0.5) is 10.1 Å². The number of rotatable bonds is 3. The summed E-state index contributed by atoms with van der Waals surface area (Å²) in [6, 6.07) is 5.74. The lowest BCUT2D eigenvalue weighted by Gasteiger charge is -2.10. The van der Waals surface area contributed by atoms with Crippen molar-refractivity contribution in [3.63, 3.8) is 0 Å². The van der Waals surface area contributed by atoms with E-state index < -0.39 is 11.7 Å². The van der Waals surface area contributed by atoms with Crippen LogP contribution in [0, 0.1) is 17.1 Å². The SMILES string of the molecule is N#CCC(=O)Nc1cc(F)ccc1-n1ccnc1. The number of amides is 1. The van der Waals surface area contributed by atoms with Crippen molar-refractivity contribution < 1.29 is 9.18 Å². The van der Waals surface area contributed by atoms with Crippen molar-refractivity contribution in [1.29, 1.82) is 5.26 Å². The van der Waals surface area contributed by atoms with Crippen molar-refractivity contribution >= 4 is 11.6 Å². The first-order valence-corrected chi connectivity index (χ1v) is 5.15. The molecule has 0 saturated carbocycles. The van der Waals surface area contributed by atoms with Crippen LogP contribution in [0.15, 0.2) is 36.9 Å². The summed E-state index contributed by atoms with van der Waals surface area (Å²) in [6.07, 6.45) is 4.50. The zero-order valence-corrected chi connectivity index (χ0v) is 9.30. The number of hydrogen-bond acceptors (Lipinski definition) is 3. The van der Waals surface area contributed by atoms with Crippen molar-refractivity contribution in [2.24, 2.45) is 0 Å². The summed E-state index contributed by atoms with van der Waals surface area (Å²) in [5.41, 5.74) is 0.883. The Bertz CT molecular complexity index is 601. The van der Waals surface area contributed by atoms with Crippen LogP contribution in [-0.2, 0) is 4.79 Å². The van der Waals surface area contributed by atoms with Gasteiger partial charge in [-0.1, -0.05) is 0 Å². The van der Waals surface area contributed by atoms with E-state index >= 15 is 0 Å². The third-order valence-electron chi connectivity index (χ3n) is 2.25.